The molecule has 1 atom stereocenters. The van der Waals surface area contributed by atoms with Gasteiger partial charge in [0.1, 0.15) is 22.1 Å². The van der Waals surface area contributed by atoms with Crippen LogP contribution in [0.3, 0.4) is 0 Å². The first-order valence-electron chi connectivity index (χ1n) is 4.85. The van der Waals surface area contributed by atoms with Crippen LogP contribution in [0.25, 0.3) is 0 Å². The Balaban J connectivity index is 3.40. The first kappa shape index (κ1) is 14.9. The van der Waals surface area contributed by atoms with Gasteiger partial charge in [0.2, 0.25) is 0 Å². The van der Waals surface area contributed by atoms with Crippen molar-refractivity contribution in [2.75, 3.05) is 21.3 Å². The van der Waals surface area contributed by atoms with Crippen LogP contribution >= 0.6 is 15.9 Å². The monoisotopic (exact) mass is 328 g/mol. The molecule has 0 radical (unpaired) electrons. The van der Waals surface area contributed by atoms with Gasteiger partial charge in [-0.15, -0.1) is 0 Å². The largest absolute Gasteiger partial charge is 0.496 e. The van der Waals surface area contributed by atoms with E-state index in [1.807, 2.05) is 0 Å². The highest BCUT2D eigenvalue weighted by Gasteiger charge is 2.42. The van der Waals surface area contributed by atoms with Crippen LogP contribution in [-0.2, 0) is 0 Å². The van der Waals surface area contributed by atoms with Crippen LogP contribution in [0.4, 0.5) is 13.2 Å². The van der Waals surface area contributed by atoms with Gasteiger partial charge in [-0.25, -0.2) is 0 Å². The molecule has 0 spiro atoms. The molecule has 3 nitrogen and oxygen atoms in total. The van der Waals surface area contributed by atoms with Gasteiger partial charge >= 0.3 is 6.18 Å². The Kier molecular flexibility index (Phi) is 4.72. The number of rotatable bonds is 4. The smallest absolute Gasteiger partial charge is 0.405 e. The third-order valence-corrected chi connectivity index (χ3v) is 3.27. The van der Waals surface area contributed by atoms with Crippen LogP contribution in [0.2, 0.25) is 0 Å². The molecule has 1 rings (SSSR count). The van der Waals surface area contributed by atoms with E-state index in [2.05, 4.69) is 15.9 Å². The second-order valence-corrected chi connectivity index (χ2v) is 4.27. The summed E-state index contributed by atoms with van der Waals surface area (Å²) in [5, 5.41) is 0. The van der Waals surface area contributed by atoms with Crippen molar-refractivity contribution in [2.24, 2.45) is 0 Å². The van der Waals surface area contributed by atoms with Gasteiger partial charge in [-0.3, -0.25) is 0 Å². The zero-order valence-corrected chi connectivity index (χ0v) is 11.6. The summed E-state index contributed by atoms with van der Waals surface area (Å²) in [6, 6.07) is 2.75. The van der Waals surface area contributed by atoms with Gasteiger partial charge in [-0.05, 0) is 0 Å². The topological polar surface area (TPSA) is 27.7 Å². The number of alkyl halides is 4. The minimum absolute atomic E-state index is 0.0467. The highest BCUT2D eigenvalue weighted by molar-refractivity contribution is 9.09. The molecule has 0 amide bonds. The van der Waals surface area contributed by atoms with Crippen molar-refractivity contribution in [3.05, 3.63) is 17.7 Å². The van der Waals surface area contributed by atoms with Gasteiger partial charge in [0.25, 0.3) is 0 Å². The fourth-order valence-electron chi connectivity index (χ4n) is 1.45. The lowest BCUT2D eigenvalue weighted by Crippen LogP contribution is -2.17. The van der Waals surface area contributed by atoms with E-state index < -0.39 is 11.0 Å². The minimum Gasteiger partial charge on any atom is -0.496 e. The van der Waals surface area contributed by atoms with E-state index in [-0.39, 0.29) is 17.1 Å². The molecule has 0 fully saturated rings. The maximum absolute atomic E-state index is 12.8. The predicted molar refractivity (Wildman–Crippen MR) is 63.8 cm³/mol. The molecule has 0 bridgehead atoms. The average Bonchev–Trinajstić information content (AvgIpc) is 2.34. The van der Waals surface area contributed by atoms with E-state index in [0.29, 0.717) is 5.75 Å². The van der Waals surface area contributed by atoms with Crippen molar-refractivity contribution in [2.45, 2.75) is 11.0 Å². The molecule has 0 N–H and O–H groups in total. The van der Waals surface area contributed by atoms with Gasteiger partial charge in [0, 0.05) is 12.1 Å². The second-order valence-electron chi connectivity index (χ2n) is 3.35. The second kappa shape index (κ2) is 5.69. The van der Waals surface area contributed by atoms with Gasteiger partial charge in [-0.2, -0.15) is 13.2 Å². The molecule has 0 aliphatic carbocycles. The lowest BCUT2D eigenvalue weighted by atomic mass is 10.1. The SMILES string of the molecule is COc1cc(OC)c(C(Br)C(F)(F)F)c(OC)c1. The molecule has 0 heterocycles. The van der Waals surface area contributed by atoms with Crippen LogP contribution in [0, 0.1) is 0 Å². The van der Waals surface area contributed by atoms with Crippen molar-refractivity contribution < 1.29 is 27.4 Å². The summed E-state index contributed by atoms with van der Waals surface area (Å²) in [4.78, 5) is -1.87. The van der Waals surface area contributed by atoms with Crippen molar-refractivity contribution >= 4 is 15.9 Å². The maximum Gasteiger partial charge on any atom is 0.405 e. The zero-order valence-electron chi connectivity index (χ0n) is 9.97. The van der Waals surface area contributed by atoms with E-state index in [9.17, 15) is 13.2 Å². The fraction of sp³-hybridized carbons (Fsp3) is 0.455. The minimum atomic E-state index is -4.45. The third-order valence-electron chi connectivity index (χ3n) is 2.29. The van der Waals surface area contributed by atoms with Gasteiger partial charge in [0.05, 0.1) is 26.9 Å². The Morgan fingerprint density at radius 2 is 1.44 bits per heavy atom. The summed E-state index contributed by atoms with van der Waals surface area (Å²) in [7, 11) is 3.98. The predicted octanol–water partition coefficient (Wildman–Crippen LogP) is 3.71. The molecule has 7 heteroatoms. The molecular weight excluding hydrogens is 317 g/mol. The quantitative estimate of drug-likeness (QED) is 0.788. The van der Waals surface area contributed by atoms with Crippen molar-refractivity contribution in [1.82, 2.24) is 0 Å². The molecule has 0 aromatic heterocycles. The van der Waals surface area contributed by atoms with Gasteiger partial charge in [-0.1, -0.05) is 15.9 Å². The van der Waals surface area contributed by atoms with E-state index in [4.69, 9.17) is 14.2 Å². The summed E-state index contributed by atoms with van der Waals surface area (Å²) in [6.45, 7) is 0. The standard InChI is InChI=1S/C11H12BrF3O3/c1-16-6-4-7(17-2)9(8(5-6)18-3)10(12)11(13,14)15/h4-5,10H,1-3H3. The van der Waals surface area contributed by atoms with Crippen LogP contribution in [0.15, 0.2) is 12.1 Å². The number of hydrogen-bond donors (Lipinski definition) is 0. The lowest BCUT2D eigenvalue weighted by molar-refractivity contribution is -0.128. The van der Waals surface area contributed by atoms with E-state index in [1.165, 1.54) is 33.5 Å². The Bertz CT molecular complexity index is 395. The zero-order chi connectivity index (χ0) is 13.9. The molecule has 1 aromatic carbocycles. The Labute approximate surface area is 111 Å². The van der Waals surface area contributed by atoms with Crippen LogP contribution in [0.5, 0.6) is 17.2 Å². The number of ether oxygens (including phenoxy) is 3. The van der Waals surface area contributed by atoms with Gasteiger partial charge in [0.15, 0.2) is 0 Å². The first-order valence-corrected chi connectivity index (χ1v) is 5.77. The Morgan fingerprint density at radius 1 is 1.00 bits per heavy atom. The summed E-state index contributed by atoms with van der Waals surface area (Å²) in [5.41, 5.74) is -0.117. The number of methoxy groups -OCH3 is 3. The number of benzene rings is 1. The average molecular weight is 329 g/mol. The van der Waals surface area contributed by atoms with Crippen molar-refractivity contribution in [1.29, 1.82) is 0 Å². The first-order chi connectivity index (χ1) is 8.35. The summed E-state index contributed by atoms with van der Waals surface area (Å²) >= 11 is 2.61. The number of halogens is 4. The molecular formula is C11H12BrF3O3. The number of hydrogen-bond acceptors (Lipinski definition) is 3. The van der Waals surface area contributed by atoms with E-state index in [0.717, 1.165) is 0 Å². The third kappa shape index (κ3) is 3.01. The van der Waals surface area contributed by atoms with Crippen LogP contribution in [0.1, 0.15) is 10.4 Å². The van der Waals surface area contributed by atoms with Crippen LogP contribution in [-0.4, -0.2) is 27.5 Å². The summed E-state index contributed by atoms with van der Waals surface area (Å²) < 4.78 is 53.2. The molecule has 0 saturated carbocycles. The Hall–Kier alpha value is -1.11. The normalized spacial score (nSPS) is 13.1. The highest BCUT2D eigenvalue weighted by atomic mass is 79.9. The van der Waals surface area contributed by atoms with Crippen molar-refractivity contribution in [3.8, 4) is 17.2 Å². The molecule has 0 aliphatic rings. The lowest BCUT2D eigenvalue weighted by Gasteiger charge is -2.20. The molecule has 102 valence electrons. The summed E-state index contributed by atoms with van der Waals surface area (Å²) in [6.07, 6.45) is -4.45. The maximum atomic E-state index is 12.8. The fourth-order valence-corrected chi connectivity index (χ4v) is 1.90. The summed E-state index contributed by atoms with van der Waals surface area (Å²) in [5.74, 6) is 0.449. The molecule has 1 unspecified atom stereocenters. The highest BCUT2D eigenvalue weighted by Crippen LogP contribution is 2.48. The van der Waals surface area contributed by atoms with E-state index in [1.54, 1.807) is 0 Å². The molecule has 18 heavy (non-hydrogen) atoms. The molecule has 1 aromatic rings. The Morgan fingerprint density at radius 3 is 1.72 bits per heavy atom. The molecule has 0 aliphatic heterocycles. The van der Waals surface area contributed by atoms with Crippen molar-refractivity contribution in [3.63, 3.8) is 0 Å². The van der Waals surface area contributed by atoms with Gasteiger partial charge < -0.3 is 14.2 Å². The van der Waals surface area contributed by atoms with Crippen LogP contribution < -0.4 is 14.2 Å². The molecule has 0 saturated heterocycles. The van der Waals surface area contributed by atoms with E-state index >= 15 is 0 Å².